The molecule has 0 aliphatic rings. The molecule has 0 saturated heterocycles. The van der Waals surface area contributed by atoms with Crippen molar-refractivity contribution in [2.45, 2.75) is 11.8 Å². The Bertz CT molecular complexity index is 1170. The lowest BCUT2D eigenvalue weighted by Gasteiger charge is -2.12. The Labute approximate surface area is 176 Å². The van der Waals surface area contributed by atoms with E-state index in [4.69, 9.17) is 11.6 Å². The third kappa shape index (κ3) is 5.11. The minimum absolute atomic E-state index is 0.0996. The summed E-state index contributed by atoms with van der Waals surface area (Å²) in [6, 6.07) is 11.4. The minimum atomic E-state index is -4.14. The van der Waals surface area contributed by atoms with Crippen LogP contribution in [-0.4, -0.2) is 19.6 Å². The van der Waals surface area contributed by atoms with Gasteiger partial charge >= 0.3 is 0 Å². The lowest BCUT2D eigenvalue weighted by Crippen LogP contribution is -2.15. The molecule has 0 saturated carbocycles. The Morgan fingerprint density at radius 2 is 1.90 bits per heavy atom. The monoisotopic (exact) mass is 450 g/mol. The highest BCUT2D eigenvalue weighted by atomic mass is 35.5. The molecule has 29 heavy (non-hydrogen) atoms. The summed E-state index contributed by atoms with van der Waals surface area (Å²) in [5.74, 6) is 0. The number of anilines is 2. The zero-order chi connectivity index (χ0) is 21.0. The molecular formula is C18H15ClN4O4S2. The number of thiophene rings is 1. The molecule has 150 valence electrons. The van der Waals surface area contributed by atoms with Crippen molar-refractivity contribution in [2.24, 2.45) is 5.10 Å². The van der Waals surface area contributed by atoms with Gasteiger partial charge in [-0.25, -0.2) is 8.42 Å². The third-order valence-electron chi connectivity index (χ3n) is 3.83. The van der Waals surface area contributed by atoms with E-state index in [0.717, 1.165) is 16.5 Å². The summed E-state index contributed by atoms with van der Waals surface area (Å²) in [4.78, 5) is 11.1. The van der Waals surface area contributed by atoms with Crippen LogP contribution >= 0.6 is 22.9 Å². The first-order chi connectivity index (χ1) is 13.8. The fourth-order valence-corrected chi connectivity index (χ4v) is 4.49. The number of non-ortho nitro benzene ring substituents is 1. The largest absolute Gasteiger partial charge is 0.280 e. The number of aryl methyl sites for hydroxylation is 1. The van der Waals surface area contributed by atoms with Crippen LogP contribution in [0.5, 0.6) is 0 Å². The van der Waals surface area contributed by atoms with E-state index in [1.165, 1.54) is 47.7 Å². The van der Waals surface area contributed by atoms with Gasteiger partial charge in [-0.1, -0.05) is 11.6 Å². The summed E-state index contributed by atoms with van der Waals surface area (Å²) in [5, 5.41) is 17.5. The van der Waals surface area contributed by atoms with Crippen LogP contribution in [0.25, 0.3) is 0 Å². The van der Waals surface area contributed by atoms with E-state index < -0.39 is 14.9 Å². The van der Waals surface area contributed by atoms with Gasteiger partial charge in [-0.05, 0) is 54.3 Å². The molecule has 0 radical (unpaired) electrons. The number of benzene rings is 2. The van der Waals surface area contributed by atoms with Crippen molar-refractivity contribution >= 4 is 56.2 Å². The van der Waals surface area contributed by atoms with E-state index in [2.05, 4.69) is 15.2 Å². The maximum absolute atomic E-state index is 12.9. The summed E-state index contributed by atoms with van der Waals surface area (Å²) in [5.41, 5.74) is 3.70. The molecule has 0 fully saturated rings. The van der Waals surface area contributed by atoms with Crippen molar-refractivity contribution in [1.29, 1.82) is 0 Å². The second kappa shape index (κ2) is 8.60. The lowest BCUT2D eigenvalue weighted by atomic mass is 10.3. The molecule has 8 nitrogen and oxygen atoms in total. The number of nitrogens with one attached hydrogen (secondary N) is 2. The molecule has 1 heterocycles. The molecule has 0 aliphatic heterocycles. The van der Waals surface area contributed by atoms with Crippen LogP contribution in [0.4, 0.5) is 17.1 Å². The van der Waals surface area contributed by atoms with Gasteiger partial charge in [0.1, 0.15) is 4.90 Å². The number of nitro benzene ring substituents is 1. The summed E-state index contributed by atoms with van der Waals surface area (Å²) in [6.07, 6.45) is 1.56. The van der Waals surface area contributed by atoms with Gasteiger partial charge in [0.2, 0.25) is 0 Å². The van der Waals surface area contributed by atoms with Crippen LogP contribution in [0.2, 0.25) is 5.02 Å². The Morgan fingerprint density at radius 1 is 1.17 bits per heavy atom. The highest BCUT2D eigenvalue weighted by Gasteiger charge is 2.22. The van der Waals surface area contributed by atoms with E-state index in [9.17, 15) is 18.5 Å². The maximum Gasteiger partial charge on any atom is 0.270 e. The number of nitrogens with zero attached hydrogens (tertiary/aromatic N) is 2. The van der Waals surface area contributed by atoms with E-state index in [0.29, 0.717) is 5.02 Å². The summed E-state index contributed by atoms with van der Waals surface area (Å²) in [6.45, 7) is 1.93. The minimum Gasteiger partial charge on any atom is -0.280 e. The van der Waals surface area contributed by atoms with Gasteiger partial charge in [0.05, 0.1) is 16.8 Å². The lowest BCUT2D eigenvalue weighted by molar-refractivity contribution is -0.385. The molecule has 0 unspecified atom stereocenters. The molecule has 0 atom stereocenters. The standard InChI is InChI=1S/C18H15ClN4O4S2/c1-12-8-9-28-17(12)11-20-21-16-7-6-15(23(24)25)10-18(16)29(26,27)22-14-4-2-13(19)3-5-14/h2-11,21-22H,1H3/b20-11+. The van der Waals surface area contributed by atoms with Crippen LogP contribution in [0, 0.1) is 17.0 Å². The third-order valence-corrected chi connectivity index (χ3v) is 6.46. The topological polar surface area (TPSA) is 114 Å². The first kappa shape index (κ1) is 20.8. The highest BCUT2D eigenvalue weighted by Crippen LogP contribution is 2.28. The fourth-order valence-electron chi connectivity index (χ4n) is 2.34. The molecule has 3 rings (SSSR count). The smallest absolute Gasteiger partial charge is 0.270 e. The van der Waals surface area contributed by atoms with Gasteiger partial charge < -0.3 is 0 Å². The average Bonchev–Trinajstić information content (AvgIpc) is 3.08. The van der Waals surface area contributed by atoms with Gasteiger partial charge in [0.15, 0.2) is 0 Å². The second-order valence-electron chi connectivity index (χ2n) is 5.89. The summed E-state index contributed by atoms with van der Waals surface area (Å²) >= 11 is 7.30. The molecule has 11 heteroatoms. The molecular weight excluding hydrogens is 436 g/mol. The van der Waals surface area contributed by atoms with Crippen molar-refractivity contribution in [3.63, 3.8) is 0 Å². The highest BCUT2D eigenvalue weighted by molar-refractivity contribution is 7.92. The van der Waals surface area contributed by atoms with E-state index >= 15 is 0 Å². The van der Waals surface area contributed by atoms with Crippen molar-refractivity contribution < 1.29 is 13.3 Å². The molecule has 0 bridgehead atoms. The van der Waals surface area contributed by atoms with Crippen molar-refractivity contribution in [3.05, 3.63) is 79.5 Å². The van der Waals surface area contributed by atoms with E-state index in [1.807, 2.05) is 18.4 Å². The first-order valence-electron chi connectivity index (χ1n) is 8.16. The van der Waals surface area contributed by atoms with E-state index in [-0.39, 0.29) is 22.0 Å². The average molecular weight is 451 g/mol. The Kier molecular flexibility index (Phi) is 6.16. The van der Waals surface area contributed by atoms with Crippen LogP contribution in [0.15, 0.2) is 63.9 Å². The van der Waals surface area contributed by atoms with Gasteiger partial charge in [0, 0.05) is 27.7 Å². The fraction of sp³-hybridized carbons (Fsp3) is 0.0556. The number of rotatable bonds is 7. The number of halogens is 1. The molecule has 1 aromatic heterocycles. The Balaban J connectivity index is 1.94. The predicted octanol–water partition coefficient (Wildman–Crippen LogP) is 4.86. The number of hydrogen-bond acceptors (Lipinski definition) is 7. The van der Waals surface area contributed by atoms with Crippen molar-refractivity contribution in [1.82, 2.24) is 0 Å². The number of hydrogen-bond donors (Lipinski definition) is 2. The van der Waals surface area contributed by atoms with Gasteiger partial charge in [-0.3, -0.25) is 20.3 Å². The van der Waals surface area contributed by atoms with Crippen LogP contribution < -0.4 is 10.1 Å². The zero-order valence-corrected chi connectivity index (χ0v) is 17.4. The summed E-state index contributed by atoms with van der Waals surface area (Å²) in [7, 11) is -4.14. The zero-order valence-electron chi connectivity index (χ0n) is 15.0. The van der Waals surface area contributed by atoms with Crippen molar-refractivity contribution in [3.8, 4) is 0 Å². The van der Waals surface area contributed by atoms with Crippen LogP contribution in [0.3, 0.4) is 0 Å². The first-order valence-corrected chi connectivity index (χ1v) is 10.9. The quantitative estimate of drug-likeness (QED) is 0.303. The molecule has 2 N–H and O–H groups in total. The molecule has 0 aliphatic carbocycles. The van der Waals surface area contributed by atoms with Crippen molar-refractivity contribution in [2.75, 3.05) is 10.1 Å². The number of hydrazone groups is 1. The van der Waals surface area contributed by atoms with Gasteiger partial charge in [-0.2, -0.15) is 5.10 Å². The Morgan fingerprint density at radius 3 is 2.52 bits per heavy atom. The molecule has 0 spiro atoms. The molecule has 0 amide bonds. The van der Waals surface area contributed by atoms with Crippen LogP contribution in [-0.2, 0) is 10.0 Å². The molecule has 3 aromatic rings. The number of sulfonamides is 1. The number of nitro groups is 1. The SMILES string of the molecule is Cc1ccsc1/C=N/Nc1ccc([N+](=O)[O-])cc1S(=O)(=O)Nc1ccc(Cl)cc1. The predicted molar refractivity (Wildman–Crippen MR) is 116 cm³/mol. The van der Waals surface area contributed by atoms with Gasteiger partial charge in [0.25, 0.3) is 15.7 Å². The maximum atomic E-state index is 12.9. The molecule has 2 aromatic carbocycles. The van der Waals surface area contributed by atoms with E-state index in [1.54, 1.807) is 6.21 Å². The normalized spacial score (nSPS) is 11.5. The van der Waals surface area contributed by atoms with Gasteiger partial charge in [-0.15, -0.1) is 11.3 Å². The summed E-state index contributed by atoms with van der Waals surface area (Å²) < 4.78 is 28.1. The van der Waals surface area contributed by atoms with Crippen LogP contribution in [0.1, 0.15) is 10.4 Å². The Hall–Kier alpha value is -2.95. The second-order valence-corrected chi connectivity index (χ2v) is 8.92.